The number of carbonyl (C=O) groups is 1. The molecule has 0 aliphatic rings. The highest BCUT2D eigenvalue weighted by atomic mass is 16.5. The summed E-state index contributed by atoms with van der Waals surface area (Å²) in [6, 6.07) is 9.44. The van der Waals surface area contributed by atoms with Gasteiger partial charge in [0.05, 0.1) is 6.61 Å². The topological polar surface area (TPSA) is 67.0 Å². The molecule has 0 fully saturated rings. The second-order valence-electron chi connectivity index (χ2n) is 5.72. The van der Waals surface area contributed by atoms with Crippen molar-refractivity contribution in [2.24, 2.45) is 0 Å². The van der Waals surface area contributed by atoms with Crippen molar-refractivity contribution in [2.45, 2.75) is 27.3 Å². The molecule has 0 spiro atoms. The first-order chi connectivity index (χ1) is 11.6. The Kier molecular flexibility index (Phi) is 4.51. The molecule has 0 saturated heterocycles. The Morgan fingerprint density at radius 2 is 2.12 bits per heavy atom. The van der Waals surface area contributed by atoms with E-state index in [0.717, 1.165) is 22.2 Å². The van der Waals surface area contributed by atoms with Crippen LogP contribution in [0.4, 0.5) is 0 Å². The van der Waals surface area contributed by atoms with E-state index < -0.39 is 0 Å². The van der Waals surface area contributed by atoms with Crippen molar-refractivity contribution < 1.29 is 9.53 Å². The van der Waals surface area contributed by atoms with Gasteiger partial charge in [-0.15, -0.1) is 0 Å². The van der Waals surface area contributed by atoms with Crippen LogP contribution >= 0.6 is 0 Å². The van der Waals surface area contributed by atoms with Crippen LogP contribution in [-0.2, 0) is 6.54 Å². The maximum Gasteiger partial charge on any atom is 0.251 e. The van der Waals surface area contributed by atoms with E-state index >= 15 is 0 Å². The van der Waals surface area contributed by atoms with Crippen molar-refractivity contribution in [3.8, 4) is 5.88 Å². The van der Waals surface area contributed by atoms with Crippen LogP contribution in [0.1, 0.15) is 34.1 Å². The molecule has 0 bridgehead atoms. The highest BCUT2D eigenvalue weighted by Gasteiger charge is 2.11. The Morgan fingerprint density at radius 1 is 1.29 bits per heavy atom. The van der Waals surface area contributed by atoms with E-state index in [1.165, 1.54) is 5.56 Å². The first kappa shape index (κ1) is 16.1. The van der Waals surface area contributed by atoms with Crippen molar-refractivity contribution >= 4 is 16.8 Å². The van der Waals surface area contributed by atoms with Crippen LogP contribution in [0.3, 0.4) is 0 Å². The number of carbonyl (C=O) groups excluding carboxylic acids is 1. The normalized spacial score (nSPS) is 10.8. The van der Waals surface area contributed by atoms with Gasteiger partial charge in [0.2, 0.25) is 5.88 Å². The van der Waals surface area contributed by atoms with Crippen LogP contribution < -0.4 is 10.1 Å². The van der Waals surface area contributed by atoms with Gasteiger partial charge < -0.3 is 15.0 Å². The number of hydrogen-bond acceptors (Lipinski definition) is 3. The predicted molar refractivity (Wildman–Crippen MR) is 94.3 cm³/mol. The van der Waals surface area contributed by atoms with Gasteiger partial charge in [-0.2, -0.15) is 0 Å². The molecule has 0 saturated carbocycles. The average Bonchev–Trinajstić information content (AvgIpc) is 2.88. The number of hydrogen-bond donors (Lipinski definition) is 2. The molecule has 0 atom stereocenters. The first-order valence-corrected chi connectivity index (χ1v) is 8.04. The number of ether oxygens (including phenoxy) is 1. The number of aromatic nitrogens is 2. The van der Waals surface area contributed by atoms with Crippen molar-refractivity contribution in [1.29, 1.82) is 0 Å². The molecule has 5 nitrogen and oxygen atoms in total. The Labute approximate surface area is 141 Å². The number of benzene rings is 1. The van der Waals surface area contributed by atoms with Gasteiger partial charge in [-0.25, -0.2) is 4.98 Å². The van der Waals surface area contributed by atoms with Gasteiger partial charge in [0, 0.05) is 40.5 Å². The molecule has 3 rings (SSSR count). The van der Waals surface area contributed by atoms with Gasteiger partial charge >= 0.3 is 0 Å². The second-order valence-corrected chi connectivity index (χ2v) is 5.72. The molecule has 3 aromatic rings. The van der Waals surface area contributed by atoms with Crippen molar-refractivity contribution in [3.63, 3.8) is 0 Å². The summed E-state index contributed by atoms with van der Waals surface area (Å²) in [6.45, 7) is 6.92. The number of nitrogens with one attached hydrogen (secondary N) is 2. The summed E-state index contributed by atoms with van der Waals surface area (Å²) in [4.78, 5) is 20.0. The minimum atomic E-state index is -0.110. The van der Waals surface area contributed by atoms with Crippen LogP contribution in [0, 0.1) is 13.8 Å². The van der Waals surface area contributed by atoms with Gasteiger partial charge in [0.15, 0.2) is 0 Å². The van der Waals surface area contributed by atoms with Gasteiger partial charge in [0.1, 0.15) is 0 Å². The Morgan fingerprint density at radius 3 is 2.92 bits per heavy atom. The highest BCUT2D eigenvalue weighted by molar-refractivity contribution is 5.99. The minimum absolute atomic E-state index is 0.110. The number of aromatic amines is 1. The van der Waals surface area contributed by atoms with E-state index in [9.17, 15) is 4.79 Å². The smallest absolute Gasteiger partial charge is 0.251 e. The third-order valence-corrected chi connectivity index (χ3v) is 4.14. The van der Waals surface area contributed by atoms with E-state index in [2.05, 4.69) is 22.2 Å². The molecule has 0 aliphatic heterocycles. The fraction of sp³-hybridized carbons (Fsp3) is 0.263. The zero-order valence-corrected chi connectivity index (χ0v) is 14.1. The van der Waals surface area contributed by atoms with Crippen molar-refractivity contribution in [2.75, 3.05) is 6.61 Å². The van der Waals surface area contributed by atoms with E-state index in [-0.39, 0.29) is 5.91 Å². The van der Waals surface area contributed by atoms with Gasteiger partial charge in [-0.05, 0) is 50.6 Å². The van der Waals surface area contributed by atoms with Crippen LogP contribution in [0.15, 0.2) is 36.5 Å². The second kappa shape index (κ2) is 6.74. The number of nitrogens with zero attached hydrogens (tertiary/aromatic N) is 1. The lowest BCUT2D eigenvalue weighted by molar-refractivity contribution is 0.0950. The third kappa shape index (κ3) is 3.11. The van der Waals surface area contributed by atoms with Crippen LogP contribution in [-0.4, -0.2) is 22.5 Å². The summed E-state index contributed by atoms with van der Waals surface area (Å²) in [5, 5.41) is 4.02. The zero-order valence-electron chi connectivity index (χ0n) is 14.1. The van der Waals surface area contributed by atoms with Gasteiger partial charge in [-0.1, -0.05) is 6.07 Å². The summed E-state index contributed by atoms with van der Waals surface area (Å²) < 4.78 is 5.48. The Balaban J connectivity index is 1.77. The highest BCUT2D eigenvalue weighted by Crippen LogP contribution is 2.22. The molecule has 2 heterocycles. The zero-order chi connectivity index (χ0) is 17.1. The molecule has 1 amide bonds. The molecule has 0 radical (unpaired) electrons. The molecule has 24 heavy (non-hydrogen) atoms. The lowest BCUT2D eigenvalue weighted by atomic mass is 10.1. The van der Waals surface area contributed by atoms with E-state index in [4.69, 9.17) is 4.74 Å². The summed E-state index contributed by atoms with van der Waals surface area (Å²) in [5.41, 5.74) is 4.85. The van der Waals surface area contributed by atoms with Crippen LogP contribution in [0.5, 0.6) is 5.88 Å². The number of amides is 1. The summed E-state index contributed by atoms with van der Waals surface area (Å²) >= 11 is 0. The number of pyridine rings is 1. The minimum Gasteiger partial charge on any atom is -0.478 e. The maximum absolute atomic E-state index is 12.5. The van der Waals surface area contributed by atoms with Gasteiger partial charge in [-0.3, -0.25) is 4.79 Å². The standard InChI is InChI=1S/C19H21N3O2/c1-4-24-19-15(6-5-9-20-19)11-21-18(23)14-7-8-17-16(10-14)12(2)13(3)22-17/h5-10,22H,4,11H2,1-3H3,(H,21,23). The molecule has 2 aromatic heterocycles. The van der Waals surface area contributed by atoms with Crippen molar-refractivity contribution in [1.82, 2.24) is 15.3 Å². The summed E-state index contributed by atoms with van der Waals surface area (Å²) in [5.74, 6) is 0.453. The quantitative estimate of drug-likeness (QED) is 0.755. The number of rotatable bonds is 5. The number of fused-ring (bicyclic) bond motifs is 1. The summed E-state index contributed by atoms with van der Waals surface area (Å²) in [6.07, 6.45) is 1.68. The summed E-state index contributed by atoms with van der Waals surface area (Å²) in [7, 11) is 0. The molecule has 5 heteroatoms. The fourth-order valence-electron chi connectivity index (χ4n) is 2.71. The lowest BCUT2D eigenvalue weighted by Crippen LogP contribution is -2.23. The molecular formula is C19H21N3O2. The van der Waals surface area contributed by atoms with Crippen LogP contribution in [0.2, 0.25) is 0 Å². The van der Waals surface area contributed by atoms with Crippen molar-refractivity contribution in [3.05, 3.63) is 58.9 Å². The van der Waals surface area contributed by atoms with Gasteiger partial charge in [0.25, 0.3) is 5.91 Å². The molecular weight excluding hydrogens is 302 g/mol. The largest absolute Gasteiger partial charge is 0.478 e. The molecule has 1 aromatic carbocycles. The molecule has 2 N–H and O–H groups in total. The molecule has 0 aliphatic carbocycles. The molecule has 0 unspecified atom stereocenters. The fourth-order valence-corrected chi connectivity index (χ4v) is 2.71. The lowest BCUT2D eigenvalue weighted by Gasteiger charge is -2.10. The number of H-pyrrole nitrogens is 1. The predicted octanol–water partition coefficient (Wildman–Crippen LogP) is 3.51. The maximum atomic E-state index is 12.5. The van der Waals surface area contributed by atoms with E-state index in [0.29, 0.717) is 24.6 Å². The number of aryl methyl sites for hydroxylation is 2. The molecule has 124 valence electrons. The Hall–Kier alpha value is -2.82. The first-order valence-electron chi connectivity index (χ1n) is 8.04. The SMILES string of the molecule is CCOc1ncccc1CNC(=O)c1ccc2[nH]c(C)c(C)c2c1. The van der Waals surface area contributed by atoms with E-state index in [1.54, 1.807) is 6.20 Å². The average molecular weight is 323 g/mol. The Bertz CT molecular complexity index is 883. The monoisotopic (exact) mass is 323 g/mol. The van der Waals surface area contributed by atoms with Crippen LogP contribution in [0.25, 0.3) is 10.9 Å². The van der Waals surface area contributed by atoms with E-state index in [1.807, 2.05) is 44.2 Å². The third-order valence-electron chi connectivity index (χ3n) is 4.14.